The molecule has 2 amide bonds. The van der Waals surface area contributed by atoms with Gasteiger partial charge in [0, 0.05) is 64.6 Å². The maximum absolute atomic E-state index is 14.5. The number of rotatable bonds is 8. The van der Waals surface area contributed by atoms with Crippen molar-refractivity contribution in [1.82, 2.24) is 19.7 Å². The molecule has 2 unspecified atom stereocenters. The number of amides is 2. The average molecular weight is 621 g/mol. The summed E-state index contributed by atoms with van der Waals surface area (Å²) in [5.41, 5.74) is -0.389. The van der Waals surface area contributed by atoms with Gasteiger partial charge in [-0.25, -0.2) is 0 Å². The Morgan fingerprint density at radius 2 is 1.98 bits per heavy atom. The largest absolute Gasteiger partial charge is 0.417 e. The van der Waals surface area contributed by atoms with Crippen LogP contribution in [-0.4, -0.2) is 97.2 Å². The number of aromatic nitrogens is 1. The van der Waals surface area contributed by atoms with Gasteiger partial charge in [-0.05, 0) is 94.0 Å². The zero-order valence-electron chi connectivity index (χ0n) is 26.0. The van der Waals surface area contributed by atoms with Crippen LogP contribution in [0.5, 0.6) is 0 Å². The van der Waals surface area contributed by atoms with Gasteiger partial charge >= 0.3 is 6.18 Å². The van der Waals surface area contributed by atoms with Crippen LogP contribution in [0.2, 0.25) is 0 Å². The molecule has 44 heavy (non-hydrogen) atoms. The van der Waals surface area contributed by atoms with Crippen molar-refractivity contribution in [2.24, 2.45) is 23.2 Å². The smallest absolute Gasteiger partial charge is 0.379 e. The molecular weight excluding hydrogens is 573 g/mol. The van der Waals surface area contributed by atoms with Crippen LogP contribution < -0.4 is 0 Å². The van der Waals surface area contributed by atoms with Gasteiger partial charge in [0.1, 0.15) is 0 Å². The zero-order chi connectivity index (χ0) is 30.9. The SMILES string of the molecule is COC1COCCC1C[C@@H]1C[C@H]2CN(C(=O)CCCN3CCCCC3)C[C@@]2(C(=O)N2CCc3ncc(C(F)(F)F)cc3C2)C1. The number of pyridine rings is 1. The van der Waals surface area contributed by atoms with Gasteiger partial charge in [0.05, 0.1) is 23.7 Å². The molecular formula is C33H47F3N4O4. The van der Waals surface area contributed by atoms with Crippen molar-refractivity contribution in [2.45, 2.75) is 83.0 Å². The Bertz CT molecular complexity index is 1190. The second-order valence-electron chi connectivity index (χ2n) is 13.9. The fourth-order valence-corrected chi connectivity index (χ4v) is 8.79. The minimum Gasteiger partial charge on any atom is -0.379 e. The van der Waals surface area contributed by atoms with Crippen LogP contribution in [0.1, 0.15) is 74.6 Å². The van der Waals surface area contributed by atoms with E-state index in [-0.39, 0.29) is 30.4 Å². The van der Waals surface area contributed by atoms with Crippen LogP contribution >= 0.6 is 0 Å². The highest BCUT2D eigenvalue weighted by Crippen LogP contribution is 2.54. The molecule has 0 aromatic carbocycles. The quantitative estimate of drug-likeness (QED) is 0.425. The van der Waals surface area contributed by atoms with Gasteiger partial charge in [0.25, 0.3) is 0 Å². The van der Waals surface area contributed by atoms with E-state index in [1.165, 1.54) is 19.3 Å². The number of carbonyl (C=O) groups is 2. The Hall–Kier alpha value is -2.24. The lowest BCUT2D eigenvalue weighted by Gasteiger charge is -2.37. The van der Waals surface area contributed by atoms with Crippen LogP contribution in [0.15, 0.2) is 12.3 Å². The molecule has 5 atom stereocenters. The number of ether oxygens (including phenoxy) is 2. The van der Waals surface area contributed by atoms with Gasteiger partial charge in [-0.2, -0.15) is 13.2 Å². The number of carbonyl (C=O) groups excluding carboxylic acids is 2. The fourth-order valence-electron chi connectivity index (χ4n) is 8.79. The molecule has 11 heteroatoms. The maximum Gasteiger partial charge on any atom is 0.417 e. The first-order valence-electron chi connectivity index (χ1n) is 16.6. The summed E-state index contributed by atoms with van der Waals surface area (Å²) in [5.74, 6) is 0.856. The molecule has 3 saturated heterocycles. The Balaban J connectivity index is 1.17. The zero-order valence-corrected chi connectivity index (χ0v) is 26.0. The first kappa shape index (κ1) is 31.7. The summed E-state index contributed by atoms with van der Waals surface area (Å²) in [6, 6.07) is 1.15. The van der Waals surface area contributed by atoms with E-state index in [1.807, 2.05) is 4.90 Å². The van der Waals surface area contributed by atoms with E-state index < -0.39 is 17.2 Å². The average Bonchev–Trinajstić information content (AvgIpc) is 3.55. The maximum atomic E-state index is 14.5. The summed E-state index contributed by atoms with van der Waals surface area (Å²) in [5, 5.41) is 0. The summed E-state index contributed by atoms with van der Waals surface area (Å²) in [6.07, 6.45) is 5.38. The number of likely N-dealkylation sites (tertiary alicyclic amines) is 2. The summed E-state index contributed by atoms with van der Waals surface area (Å²) in [7, 11) is 1.72. The van der Waals surface area contributed by atoms with E-state index in [1.54, 1.807) is 12.0 Å². The first-order valence-corrected chi connectivity index (χ1v) is 16.6. The van der Waals surface area contributed by atoms with E-state index in [2.05, 4.69) is 9.88 Å². The molecule has 1 saturated carbocycles. The molecule has 5 aliphatic rings. The Kier molecular flexibility index (Phi) is 9.55. The molecule has 0 spiro atoms. The molecule has 4 aliphatic heterocycles. The third-order valence-electron chi connectivity index (χ3n) is 11.1. The molecule has 6 rings (SSSR count). The van der Waals surface area contributed by atoms with Crippen LogP contribution in [0.25, 0.3) is 0 Å². The van der Waals surface area contributed by atoms with Crippen molar-refractivity contribution in [3.8, 4) is 0 Å². The lowest BCUT2D eigenvalue weighted by molar-refractivity contribution is -0.144. The molecule has 4 fully saturated rings. The molecule has 1 aromatic rings. The number of methoxy groups -OCH3 is 1. The summed E-state index contributed by atoms with van der Waals surface area (Å²) in [6.45, 7) is 5.98. The third kappa shape index (κ3) is 6.65. The number of halogens is 3. The van der Waals surface area contributed by atoms with E-state index >= 15 is 0 Å². The van der Waals surface area contributed by atoms with Gasteiger partial charge in [-0.15, -0.1) is 0 Å². The van der Waals surface area contributed by atoms with Crippen molar-refractivity contribution in [3.63, 3.8) is 0 Å². The van der Waals surface area contributed by atoms with Gasteiger partial charge in [-0.3, -0.25) is 14.6 Å². The molecule has 0 N–H and O–H groups in total. The van der Waals surface area contributed by atoms with Crippen LogP contribution in [0.3, 0.4) is 0 Å². The van der Waals surface area contributed by atoms with Crippen molar-refractivity contribution >= 4 is 11.8 Å². The molecule has 244 valence electrons. The topological polar surface area (TPSA) is 75.2 Å². The highest BCUT2D eigenvalue weighted by atomic mass is 19.4. The minimum absolute atomic E-state index is 0.00746. The number of piperidine rings is 1. The van der Waals surface area contributed by atoms with Crippen molar-refractivity contribution in [3.05, 3.63) is 29.1 Å². The Morgan fingerprint density at radius 3 is 2.75 bits per heavy atom. The van der Waals surface area contributed by atoms with Crippen molar-refractivity contribution in [1.29, 1.82) is 0 Å². The van der Waals surface area contributed by atoms with Crippen LogP contribution in [0.4, 0.5) is 13.2 Å². The lowest BCUT2D eigenvalue weighted by atomic mass is 9.78. The molecule has 0 bridgehead atoms. The predicted molar refractivity (Wildman–Crippen MR) is 157 cm³/mol. The monoisotopic (exact) mass is 620 g/mol. The number of nitrogens with zero attached hydrogens (tertiary/aromatic N) is 4. The normalized spacial score (nSPS) is 31.2. The van der Waals surface area contributed by atoms with Gasteiger partial charge < -0.3 is 24.2 Å². The molecule has 1 aromatic heterocycles. The highest BCUT2D eigenvalue weighted by Gasteiger charge is 2.59. The molecule has 8 nitrogen and oxygen atoms in total. The second kappa shape index (κ2) is 13.2. The van der Waals surface area contributed by atoms with Crippen molar-refractivity contribution in [2.75, 3.05) is 59.6 Å². The Labute approximate surface area is 258 Å². The van der Waals surface area contributed by atoms with Crippen LogP contribution in [-0.2, 0) is 38.2 Å². The van der Waals surface area contributed by atoms with Crippen molar-refractivity contribution < 1.29 is 32.2 Å². The van der Waals surface area contributed by atoms with E-state index in [4.69, 9.17) is 9.47 Å². The number of alkyl halides is 3. The number of hydrogen-bond acceptors (Lipinski definition) is 6. The summed E-state index contributed by atoms with van der Waals surface area (Å²) < 4.78 is 51.7. The van der Waals surface area contributed by atoms with Gasteiger partial charge in [0.2, 0.25) is 11.8 Å². The van der Waals surface area contributed by atoms with E-state index in [0.717, 1.165) is 57.6 Å². The van der Waals surface area contributed by atoms with E-state index in [0.29, 0.717) is 75.2 Å². The highest BCUT2D eigenvalue weighted by molar-refractivity contribution is 5.86. The number of fused-ring (bicyclic) bond motifs is 2. The predicted octanol–water partition coefficient (Wildman–Crippen LogP) is 4.55. The lowest BCUT2D eigenvalue weighted by Crippen LogP contribution is -2.49. The molecule has 1 aliphatic carbocycles. The minimum atomic E-state index is -4.48. The second-order valence-corrected chi connectivity index (χ2v) is 13.9. The summed E-state index contributed by atoms with van der Waals surface area (Å²) >= 11 is 0. The van der Waals surface area contributed by atoms with Gasteiger partial charge in [0.15, 0.2) is 0 Å². The molecule has 5 heterocycles. The van der Waals surface area contributed by atoms with Gasteiger partial charge in [-0.1, -0.05) is 6.42 Å². The number of hydrogen-bond donors (Lipinski definition) is 0. The molecule has 0 radical (unpaired) electrons. The first-order chi connectivity index (χ1) is 21.2. The standard InChI is InChI=1S/C33H47F3N4O4/c1-43-29-21-44-13-8-24(29)14-23-15-27-20-40(30(41)6-5-11-38-9-3-2-4-10-38)22-32(27,17-23)31(42)39-12-7-28-25(19-39)16-26(18-37-28)33(34,35)36/h16,18,23-24,27,29H,2-15,17,19-22H2,1H3/t23-,24?,27+,29?,32+/m1/s1. The Morgan fingerprint density at radius 1 is 1.16 bits per heavy atom. The third-order valence-corrected chi connectivity index (χ3v) is 11.1. The van der Waals surface area contributed by atoms with Crippen LogP contribution in [0, 0.1) is 23.2 Å². The fraction of sp³-hybridized carbons (Fsp3) is 0.788. The summed E-state index contributed by atoms with van der Waals surface area (Å²) in [4.78, 5) is 38.2. The van der Waals surface area contributed by atoms with E-state index in [9.17, 15) is 22.8 Å².